The van der Waals surface area contributed by atoms with E-state index >= 15 is 0 Å². The van der Waals surface area contributed by atoms with Gasteiger partial charge >= 0.3 is 6.18 Å². The number of halogens is 4. The van der Waals surface area contributed by atoms with Crippen LogP contribution in [0.1, 0.15) is 11.3 Å². The Bertz CT molecular complexity index is 1060. The highest BCUT2D eigenvalue weighted by Gasteiger charge is 2.39. The number of quaternary nitrogens is 1. The van der Waals surface area contributed by atoms with Gasteiger partial charge in [0.25, 0.3) is 0 Å². The maximum Gasteiger partial charge on any atom is 0.450 e. The van der Waals surface area contributed by atoms with Crippen LogP contribution in [0.15, 0.2) is 45.6 Å². The van der Waals surface area contributed by atoms with E-state index in [0.717, 1.165) is 4.90 Å². The van der Waals surface area contributed by atoms with Gasteiger partial charge in [0.15, 0.2) is 5.58 Å². The van der Waals surface area contributed by atoms with Crippen LogP contribution in [0.25, 0.3) is 22.1 Å². The highest BCUT2D eigenvalue weighted by Crippen LogP contribution is 2.39. The first-order valence-electron chi connectivity index (χ1n) is 8.03. The quantitative estimate of drug-likeness (QED) is 0.710. The summed E-state index contributed by atoms with van der Waals surface area (Å²) in [5.74, 6) is -1.62. The summed E-state index contributed by atoms with van der Waals surface area (Å²) in [5, 5.41) is 10.4. The van der Waals surface area contributed by atoms with Crippen LogP contribution in [0.2, 0.25) is 5.02 Å². The van der Waals surface area contributed by atoms with Gasteiger partial charge in [-0.2, -0.15) is 13.2 Å². The second-order valence-electron chi connectivity index (χ2n) is 6.46. The van der Waals surface area contributed by atoms with Crippen molar-refractivity contribution in [1.82, 2.24) is 0 Å². The van der Waals surface area contributed by atoms with E-state index in [0.29, 0.717) is 5.02 Å². The second-order valence-corrected chi connectivity index (χ2v) is 6.90. The van der Waals surface area contributed by atoms with Crippen molar-refractivity contribution < 1.29 is 27.6 Å². The van der Waals surface area contributed by atoms with Crippen molar-refractivity contribution in [2.24, 2.45) is 0 Å². The third kappa shape index (κ3) is 3.65. The Morgan fingerprint density at radius 2 is 1.74 bits per heavy atom. The monoisotopic (exact) mass is 398 g/mol. The first kappa shape index (κ1) is 19.3. The van der Waals surface area contributed by atoms with Crippen molar-refractivity contribution in [3.05, 3.63) is 63.0 Å². The molecule has 3 rings (SSSR count). The van der Waals surface area contributed by atoms with Gasteiger partial charge in [-0.15, -0.1) is 0 Å². The summed E-state index contributed by atoms with van der Waals surface area (Å²) in [6, 6.07) is 8.03. The van der Waals surface area contributed by atoms with Crippen molar-refractivity contribution in [2.45, 2.75) is 12.7 Å². The predicted molar refractivity (Wildman–Crippen MR) is 96.1 cm³/mol. The minimum absolute atomic E-state index is 0.0259. The zero-order valence-electron chi connectivity index (χ0n) is 14.4. The molecule has 27 heavy (non-hydrogen) atoms. The molecule has 0 spiro atoms. The van der Waals surface area contributed by atoms with Gasteiger partial charge in [0.1, 0.15) is 12.3 Å². The molecular formula is C19H16ClF3NO3+. The molecule has 0 saturated heterocycles. The summed E-state index contributed by atoms with van der Waals surface area (Å²) < 4.78 is 46.3. The number of benzene rings is 2. The molecule has 0 aliphatic carbocycles. The molecule has 1 heterocycles. The number of phenolic OH excluding ortho intramolecular Hbond substituents is 1. The maximum atomic E-state index is 13.7. The number of hydrogen-bond donors (Lipinski definition) is 2. The molecule has 0 unspecified atom stereocenters. The van der Waals surface area contributed by atoms with Crippen LogP contribution >= 0.6 is 11.6 Å². The minimum atomic E-state index is -4.89. The molecule has 2 N–H and O–H groups in total. The summed E-state index contributed by atoms with van der Waals surface area (Å²) in [6.45, 7) is 0.184. The highest BCUT2D eigenvalue weighted by atomic mass is 35.5. The van der Waals surface area contributed by atoms with Crippen molar-refractivity contribution in [3.8, 4) is 16.9 Å². The van der Waals surface area contributed by atoms with Crippen LogP contribution < -0.4 is 10.3 Å². The van der Waals surface area contributed by atoms with Crippen LogP contribution in [0.3, 0.4) is 0 Å². The molecule has 0 radical (unpaired) electrons. The number of alkyl halides is 3. The lowest BCUT2D eigenvalue weighted by Crippen LogP contribution is -3.04. The lowest BCUT2D eigenvalue weighted by atomic mass is 10.00. The van der Waals surface area contributed by atoms with E-state index in [2.05, 4.69) is 0 Å². The lowest BCUT2D eigenvalue weighted by Gasteiger charge is -2.16. The van der Waals surface area contributed by atoms with E-state index in [1.807, 2.05) is 0 Å². The van der Waals surface area contributed by atoms with Gasteiger partial charge in [-0.05, 0) is 29.8 Å². The molecule has 0 bridgehead atoms. The average Bonchev–Trinajstić information content (AvgIpc) is 2.57. The van der Waals surface area contributed by atoms with E-state index in [-0.39, 0.29) is 34.4 Å². The van der Waals surface area contributed by atoms with E-state index in [1.54, 1.807) is 14.1 Å². The number of rotatable bonds is 3. The van der Waals surface area contributed by atoms with Gasteiger partial charge in [0.05, 0.1) is 30.6 Å². The third-order valence-corrected chi connectivity index (χ3v) is 4.31. The second kappa shape index (κ2) is 6.90. The molecule has 1 aromatic heterocycles. The maximum absolute atomic E-state index is 13.7. The van der Waals surface area contributed by atoms with Gasteiger partial charge in [-0.1, -0.05) is 23.7 Å². The summed E-state index contributed by atoms with van der Waals surface area (Å²) in [5.41, 5.74) is -1.46. The zero-order chi connectivity index (χ0) is 19.9. The molecule has 0 aliphatic heterocycles. The normalized spacial score (nSPS) is 12.1. The Labute approximate surface area is 157 Å². The minimum Gasteiger partial charge on any atom is -0.507 e. The topological polar surface area (TPSA) is 54.9 Å². The summed E-state index contributed by atoms with van der Waals surface area (Å²) in [7, 11) is 3.53. The molecule has 2 aromatic carbocycles. The van der Waals surface area contributed by atoms with Gasteiger partial charge < -0.3 is 14.4 Å². The van der Waals surface area contributed by atoms with Crippen molar-refractivity contribution >= 4 is 22.6 Å². The van der Waals surface area contributed by atoms with Crippen molar-refractivity contribution in [2.75, 3.05) is 14.1 Å². The fourth-order valence-corrected chi connectivity index (χ4v) is 3.03. The molecule has 3 aromatic rings. The van der Waals surface area contributed by atoms with E-state index < -0.39 is 22.9 Å². The van der Waals surface area contributed by atoms with Crippen molar-refractivity contribution in [3.63, 3.8) is 0 Å². The molecule has 8 heteroatoms. The Kier molecular flexibility index (Phi) is 4.92. The van der Waals surface area contributed by atoms with Crippen LogP contribution in [0.4, 0.5) is 13.2 Å². The Balaban J connectivity index is 2.43. The van der Waals surface area contributed by atoms with Gasteiger partial charge in [0.2, 0.25) is 11.2 Å². The van der Waals surface area contributed by atoms with Crippen LogP contribution in [0.5, 0.6) is 5.75 Å². The van der Waals surface area contributed by atoms with E-state index in [9.17, 15) is 23.1 Å². The summed E-state index contributed by atoms with van der Waals surface area (Å²) in [4.78, 5) is 13.8. The Hall–Kier alpha value is -2.51. The van der Waals surface area contributed by atoms with E-state index in [4.69, 9.17) is 16.0 Å². The molecule has 0 atom stereocenters. The largest absolute Gasteiger partial charge is 0.507 e. The Morgan fingerprint density at radius 1 is 1.11 bits per heavy atom. The molecule has 4 nitrogen and oxygen atoms in total. The average molecular weight is 399 g/mol. The molecule has 0 amide bonds. The van der Waals surface area contributed by atoms with Crippen LogP contribution in [-0.4, -0.2) is 19.2 Å². The summed E-state index contributed by atoms with van der Waals surface area (Å²) in [6.07, 6.45) is -4.89. The number of fused-ring (bicyclic) bond motifs is 1. The van der Waals surface area contributed by atoms with Crippen LogP contribution in [-0.2, 0) is 12.7 Å². The molecule has 0 saturated carbocycles. The summed E-state index contributed by atoms with van der Waals surface area (Å²) >= 11 is 5.80. The fraction of sp³-hybridized carbons (Fsp3) is 0.211. The standard InChI is InChI=1S/C19H15ClF3NO3/c1-24(2)9-13-14(25)8-7-12-16(26)15(10-3-5-11(20)6-4-10)18(19(21,22)23)27-17(12)13/h3-8,25H,9H2,1-2H3/p+1. The van der Waals surface area contributed by atoms with Gasteiger partial charge in [-0.3, -0.25) is 4.79 Å². The number of nitrogens with one attached hydrogen (secondary N) is 1. The number of hydrogen-bond acceptors (Lipinski definition) is 3. The predicted octanol–water partition coefficient (Wildman–Crippen LogP) is 3.48. The first-order valence-corrected chi connectivity index (χ1v) is 8.41. The lowest BCUT2D eigenvalue weighted by molar-refractivity contribution is -0.872. The smallest absolute Gasteiger partial charge is 0.450 e. The molecular weight excluding hydrogens is 383 g/mol. The zero-order valence-corrected chi connectivity index (χ0v) is 15.2. The molecule has 0 fully saturated rings. The first-order chi connectivity index (χ1) is 12.6. The van der Waals surface area contributed by atoms with Gasteiger partial charge in [0, 0.05) is 5.02 Å². The number of phenols is 1. The fourth-order valence-electron chi connectivity index (χ4n) is 2.91. The highest BCUT2D eigenvalue weighted by molar-refractivity contribution is 6.30. The number of aromatic hydroxyl groups is 1. The van der Waals surface area contributed by atoms with Crippen molar-refractivity contribution in [1.29, 1.82) is 0 Å². The third-order valence-electron chi connectivity index (χ3n) is 4.06. The van der Waals surface area contributed by atoms with E-state index in [1.165, 1.54) is 36.4 Å². The van der Waals surface area contributed by atoms with Crippen LogP contribution in [0, 0.1) is 0 Å². The SMILES string of the molecule is C[NH+](C)Cc1c(O)ccc2c(=O)c(-c3ccc(Cl)cc3)c(C(F)(F)F)oc12. The molecule has 142 valence electrons. The Morgan fingerprint density at radius 3 is 2.30 bits per heavy atom. The molecule has 0 aliphatic rings. The van der Waals surface area contributed by atoms with Gasteiger partial charge in [-0.25, -0.2) is 0 Å².